The molecule has 0 radical (unpaired) electrons. The molecule has 0 spiro atoms. The summed E-state index contributed by atoms with van der Waals surface area (Å²) in [7, 11) is 0. The van der Waals surface area contributed by atoms with E-state index < -0.39 is 5.97 Å². The van der Waals surface area contributed by atoms with Crippen LogP contribution in [0.3, 0.4) is 0 Å². The molecule has 3 aromatic rings. The number of carboxylic acid groups (broad SMARTS) is 1. The Morgan fingerprint density at radius 3 is 2.52 bits per heavy atom. The van der Waals surface area contributed by atoms with Crippen LogP contribution in [0.25, 0.3) is 16.9 Å². The van der Waals surface area contributed by atoms with Crippen LogP contribution in [0, 0.1) is 6.92 Å². The maximum absolute atomic E-state index is 11.6. The molecule has 0 unspecified atom stereocenters. The highest BCUT2D eigenvalue weighted by atomic mass is 16.4. The van der Waals surface area contributed by atoms with Crippen LogP contribution >= 0.6 is 0 Å². The van der Waals surface area contributed by atoms with Crippen LogP contribution in [0.15, 0.2) is 54.9 Å². The predicted molar refractivity (Wildman–Crippen MR) is 78.5 cm³/mol. The molecule has 3 rings (SSSR count). The number of aromatic nitrogens is 3. The fourth-order valence-corrected chi connectivity index (χ4v) is 2.31. The van der Waals surface area contributed by atoms with Gasteiger partial charge in [-0.2, -0.15) is 5.10 Å². The molecule has 0 atom stereocenters. The SMILES string of the molecule is Cc1nn(-c2ccccc2)c(-c2cccnc2)c1C(=O)O. The normalized spacial score (nSPS) is 10.5. The molecule has 0 aliphatic carbocycles. The number of rotatable bonds is 3. The summed E-state index contributed by atoms with van der Waals surface area (Å²) in [6.45, 7) is 1.70. The lowest BCUT2D eigenvalue weighted by molar-refractivity contribution is 0.0697. The van der Waals surface area contributed by atoms with Crippen molar-refractivity contribution >= 4 is 5.97 Å². The summed E-state index contributed by atoms with van der Waals surface area (Å²) in [5.41, 5.74) is 2.75. The molecular formula is C16H13N3O2. The summed E-state index contributed by atoms with van der Waals surface area (Å²) in [5.74, 6) is -0.992. The Labute approximate surface area is 121 Å². The number of hydrogen-bond acceptors (Lipinski definition) is 3. The van der Waals surface area contributed by atoms with Gasteiger partial charge in [-0.3, -0.25) is 4.98 Å². The first-order valence-electron chi connectivity index (χ1n) is 6.47. The Morgan fingerprint density at radius 2 is 1.90 bits per heavy atom. The van der Waals surface area contributed by atoms with E-state index in [2.05, 4.69) is 10.1 Å². The van der Waals surface area contributed by atoms with Gasteiger partial charge in [0.2, 0.25) is 0 Å². The van der Waals surface area contributed by atoms with Gasteiger partial charge in [-0.15, -0.1) is 0 Å². The minimum absolute atomic E-state index is 0.201. The van der Waals surface area contributed by atoms with Crippen molar-refractivity contribution in [1.82, 2.24) is 14.8 Å². The molecule has 0 amide bonds. The van der Waals surface area contributed by atoms with Gasteiger partial charge >= 0.3 is 5.97 Å². The van der Waals surface area contributed by atoms with E-state index in [1.165, 1.54) is 0 Å². The quantitative estimate of drug-likeness (QED) is 0.800. The number of pyridine rings is 1. The van der Waals surface area contributed by atoms with E-state index >= 15 is 0 Å². The smallest absolute Gasteiger partial charge is 0.339 e. The first kappa shape index (κ1) is 13.1. The summed E-state index contributed by atoms with van der Waals surface area (Å²) in [6, 6.07) is 13.1. The van der Waals surface area contributed by atoms with Crippen LogP contribution in [0.1, 0.15) is 16.1 Å². The second kappa shape index (κ2) is 5.20. The molecule has 0 aliphatic heterocycles. The van der Waals surface area contributed by atoms with E-state index in [1.54, 1.807) is 30.1 Å². The maximum atomic E-state index is 11.6. The average Bonchev–Trinajstić information content (AvgIpc) is 2.86. The first-order valence-corrected chi connectivity index (χ1v) is 6.47. The van der Waals surface area contributed by atoms with Gasteiger partial charge in [-0.05, 0) is 31.2 Å². The number of aromatic carboxylic acids is 1. The van der Waals surface area contributed by atoms with Crippen LogP contribution in [0.4, 0.5) is 0 Å². The van der Waals surface area contributed by atoms with Crippen molar-refractivity contribution in [3.63, 3.8) is 0 Å². The van der Waals surface area contributed by atoms with E-state index in [1.807, 2.05) is 36.4 Å². The first-order chi connectivity index (χ1) is 10.2. The van der Waals surface area contributed by atoms with Gasteiger partial charge < -0.3 is 5.11 Å². The summed E-state index contributed by atoms with van der Waals surface area (Å²) in [4.78, 5) is 15.7. The highest BCUT2D eigenvalue weighted by Crippen LogP contribution is 2.28. The van der Waals surface area contributed by atoms with Crippen molar-refractivity contribution in [1.29, 1.82) is 0 Å². The Morgan fingerprint density at radius 1 is 1.14 bits per heavy atom. The molecule has 104 valence electrons. The molecule has 0 aliphatic rings. The molecule has 0 saturated heterocycles. The number of carbonyl (C=O) groups is 1. The van der Waals surface area contributed by atoms with Gasteiger partial charge in [-0.1, -0.05) is 18.2 Å². The summed E-state index contributed by atoms with van der Waals surface area (Å²) in [6.07, 6.45) is 3.29. The topological polar surface area (TPSA) is 68.0 Å². The minimum atomic E-state index is -0.992. The van der Waals surface area contributed by atoms with Gasteiger partial charge in [0.1, 0.15) is 5.56 Å². The fourth-order valence-electron chi connectivity index (χ4n) is 2.31. The van der Waals surface area contributed by atoms with Crippen LogP contribution < -0.4 is 0 Å². The van der Waals surface area contributed by atoms with Gasteiger partial charge in [-0.25, -0.2) is 9.48 Å². The Hall–Kier alpha value is -2.95. The number of carboxylic acids is 1. The standard InChI is InChI=1S/C16H13N3O2/c1-11-14(16(20)21)15(12-6-5-9-17-10-12)19(18-11)13-7-3-2-4-8-13/h2-10H,1H3,(H,20,21). The van der Waals surface area contributed by atoms with Gasteiger partial charge in [0.15, 0.2) is 0 Å². The third-order valence-corrected chi connectivity index (χ3v) is 3.21. The monoisotopic (exact) mass is 279 g/mol. The zero-order valence-electron chi connectivity index (χ0n) is 11.4. The Kier molecular flexibility index (Phi) is 3.23. The van der Waals surface area contributed by atoms with Gasteiger partial charge in [0.05, 0.1) is 17.1 Å². The van der Waals surface area contributed by atoms with Crippen LogP contribution in [-0.2, 0) is 0 Å². The number of aryl methyl sites for hydroxylation is 1. The minimum Gasteiger partial charge on any atom is -0.478 e. The van der Waals surface area contributed by atoms with Crippen molar-refractivity contribution in [2.24, 2.45) is 0 Å². The van der Waals surface area contributed by atoms with Gasteiger partial charge in [0, 0.05) is 18.0 Å². The second-order valence-corrected chi connectivity index (χ2v) is 4.60. The Bertz CT molecular complexity index is 780. The molecule has 2 aromatic heterocycles. The Balaban J connectivity index is 2.32. The van der Waals surface area contributed by atoms with E-state index in [9.17, 15) is 9.90 Å². The van der Waals surface area contributed by atoms with Gasteiger partial charge in [0.25, 0.3) is 0 Å². The fraction of sp³-hybridized carbons (Fsp3) is 0.0625. The molecule has 1 N–H and O–H groups in total. The molecular weight excluding hydrogens is 266 g/mol. The van der Waals surface area contributed by atoms with Crippen molar-refractivity contribution in [3.8, 4) is 16.9 Å². The molecule has 0 fully saturated rings. The van der Waals surface area contributed by atoms with E-state index in [0.29, 0.717) is 11.4 Å². The lowest BCUT2D eigenvalue weighted by Crippen LogP contribution is -2.03. The predicted octanol–water partition coefficient (Wildman–Crippen LogP) is 2.94. The van der Waals surface area contributed by atoms with Crippen LogP contribution in [0.2, 0.25) is 0 Å². The molecule has 21 heavy (non-hydrogen) atoms. The number of hydrogen-bond donors (Lipinski definition) is 1. The summed E-state index contributed by atoms with van der Waals surface area (Å²) < 4.78 is 1.65. The zero-order valence-corrected chi connectivity index (χ0v) is 11.4. The number of para-hydroxylation sites is 1. The molecule has 0 saturated carbocycles. The molecule has 0 bridgehead atoms. The van der Waals surface area contributed by atoms with Crippen molar-refractivity contribution in [2.75, 3.05) is 0 Å². The van der Waals surface area contributed by atoms with Crippen molar-refractivity contribution in [3.05, 3.63) is 66.1 Å². The third-order valence-electron chi connectivity index (χ3n) is 3.21. The molecule has 1 aromatic carbocycles. The molecule has 2 heterocycles. The van der Waals surface area contributed by atoms with Crippen LogP contribution in [-0.4, -0.2) is 25.8 Å². The highest BCUT2D eigenvalue weighted by molar-refractivity contribution is 5.96. The second-order valence-electron chi connectivity index (χ2n) is 4.60. The number of nitrogens with zero attached hydrogens (tertiary/aromatic N) is 3. The van der Waals surface area contributed by atoms with E-state index in [4.69, 9.17) is 0 Å². The zero-order chi connectivity index (χ0) is 14.8. The third kappa shape index (κ3) is 2.29. The number of benzene rings is 1. The maximum Gasteiger partial charge on any atom is 0.339 e. The average molecular weight is 279 g/mol. The summed E-state index contributed by atoms with van der Waals surface area (Å²) in [5, 5.41) is 13.9. The molecule has 5 heteroatoms. The largest absolute Gasteiger partial charge is 0.478 e. The molecule has 5 nitrogen and oxygen atoms in total. The summed E-state index contributed by atoms with van der Waals surface area (Å²) >= 11 is 0. The van der Waals surface area contributed by atoms with E-state index in [-0.39, 0.29) is 5.56 Å². The van der Waals surface area contributed by atoms with E-state index in [0.717, 1.165) is 11.3 Å². The van der Waals surface area contributed by atoms with Crippen LogP contribution in [0.5, 0.6) is 0 Å². The lowest BCUT2D eigenvalue weighted by Gasteiger charge is -2.08. The van der Waals surface area contributed by atoms with Crippen molar-refractivity contribution in [2.45, 2.75) is 6.92 Å². The van der Waals surface area contributed by atoms with Crippen molar-refractivity contribution < 1.29 is 9.90 Å². The highest BCUT2D eigenvalue weighted by Gasteiger charge is 2.23. The lowest BCUT2D eigenvalue weighted by atomic mass is 10.1.